The van der Waals surface area contributed by atoms with E-state index in [1.165, 1.54) is 12.8 Å². The first-order chi connectivity index (χ1) is 11.7. The van der Waals surface area contributed by atoms with E-state index in [1.54, 1.807) is 31.4 Å². The lowest BCUT2D eigenvalue weighted by atomic mass is 10.1. The van der Waals surface area contributed by atoms with E-state index >= 15 is 0 Å². The molecular formula is C17H20ClN3O3. The molecule has 6 nitrogen and oxygen atoms in total. The molecule has 0 unspecified atom stereocenters. The maximum atomic E-state index is 12.6. The molecule has 1 aromatic carbocycles. The summed E-state index contributed by atoms with van der Waals surface area (Å²) in [5.41, 5.74) is 1.16. The quantitative estimate of drug-likeness (QED) is 0.716. The third kappa shape index (κ3) is 4.07. The van der Waals surface area contributed by atoms with Crippen molar-refractivity contribution in [2.75, 3.05) is 32.1 Å². The number of anilines is 1. The first kappa shape index (κ1) is 16.8. The Bertz CT molecular complexity index is 696. The largest absolute Gasteiger partial charge is 0.383 e. The van der Waals surface area contributed by atoms with E-state index in [-0.39, 0.29) is 5.91 Å². The number of rotatable bonds is 8. The number of methoxy groups -OCH3 is 1. The monoisotopic (exact) mass is 349 g/mol. The average Bonchev–Trinajstić information content (AvgIpc) is 3.32. The first-order valence-corrected chi connectivity index (χ1v) is 8.33. The van der Waals surface area contributed by atoms with E-state index in [0.29, 0.717) is 47.8 Å². The van der Waals surface area contributed by atoms with E-state index in [1.807, 2.05) is 0 Å². The minimum atomic E-state index is -0.187. The van der Waals surface area contributed by atoms with Crippen LogP contribution in [-0.4, -0.2) is 37.9 Å². The summed E-state index contributed by atoms with van der Waals surface area (Å²) in [4.78, 5) is 12.6. The number of aromatic nitrogens is 1. The highest BCUT2D eigenvalue weighted by Crippen LogP contribution is 2.31. The van der Waals surface area contributed by atoms with Crippen molar-refractivity contribution < 1.29 is 14.1 Å². The summed E-state index contributed by atoms with van der Waals surface area (Å²) >= 11 is 5.93. The Morgan fingerprint density at radius 2 is 2.12 bits per heavy atom. The Hall–Kier alpha value is -2.05. The summed E-state index contributed by atoms with van der Waals surface area (Å²) in [7, 11) is 1.62. The number of carbonyl (C=O) groups is 1. The molecule has 7 heteroatoms. The highest BCUT2D eigenvalue weighted by Gasteiger charge is 2.27. The van der Waals surface area contributed by atoms with Gasteiger partial charge in [0, 0.05) is 30.8 Å². The van der Waals surface area contributed by atoms with Gasteiger partial charge in [0.1, 0.15) is 5.56 Å². The van der Waals surface area contributed by atoms with Gasteiger partial charge in [-0.05, 0) is 43.0 Å². The maximum absolute atomic E-state index is 12.6. The van der Waals surface area contributed by atoms with Crippen LogP contribution in [0.3, 0.4) is 0 Å². The summed E-state index contributed by atoms with van der Waals surface area (Å²) in [6.45, 7) is 1.72. The van der Waals surface area contributed by atoms with Gasteiger partial charge in [0.2, 0.25) is 0 Å². The van der Waals surface area contributed by atoms with Crippen LogP contribution < -0.4 is 10.6 Å². The topological polar surface area (TPSA) is 76.4 Å². The molecule has 1 aromatic heterocycles. The van der Waals surface area contributed by atoms with Gasteiger partial charge >= 0.3 is 0 Å². The molecule has 1 amide bonds. The van der Waals surface area contributed by atoms with Crippen LogP contribution in [0, 0.1) is 5.92 Å². The molecule has 0 atom stereocenters. The average molecular weight is 350 g/mol. The van der Waals surface area contributed by atoms with Crippen LogP contribution in [-0.2, 0) is 4.74 Å². The third-order valence-electron chi connectivity index (χ3n) is 3.87. The van der Waals surface area contributed by atoms with E-state index in [2.05, 4.69) is 15.8 Å². The number of halogens is 1. The van der Waals surface area contributed by atoms with E-state index < -0.39 is 0 Å². The fraction of sp³-hybridized carbons (Fsp3) is 0.412. The van der Waals surface area contributed by atoms with Crippen molar-refractivity contribution in [1.29, 1.82) is 0 Å². The van der Waals surface area contributed by atoms with Crippen LogP contribution in [0.25, 0.3) is 11.3 Å². The Balaban J connectivity index is 1.85. The number of carbonyl (C=O) groups excluding carboxylic acids is 1. The van der Waals surface area contributed by atoms with Crippen molar-refractivity contribution in [2.24, 2.45) is 5.92 Å². The molecule has 2 N–H and O–H groups in total. The molecule has 0 spiro atoms. The molecule has 0 aliphatic heterocycles. The number of ether oxygens (including phenoxy) is 1. The number of hydrogen-bond acceptors (Lipinski definition) is 5. The fourth-order valence-corrected chi connectivity index (χ4v) is 2.46. The first-order valence-electron chi connectivity index (χ1n) is 7.95. The van der Waals surface area contributed by atoms with Crippen molar-refractivity contribution >= 4 is 23.3 Å². The second-order valence-electron chi connectivity index (χ2n) is 5.82. The van der Waals surface area contributed by atoms with Crippen molar-refractivity contribution in [3.05, 3.63) is 34.9 Å². The molecule has 0 radical (unpaired) electrons. The van der Waals surface area contributed by atoms with Gasteiger partial charge in [-0.3, -0.25) is 4.79 Å². The summed E-state index contributed by atoms with van der Waals surface area (Å²) in [6.07, 6.45) is 2.35. The predicted molar refractivity (Wildman–Crippen MR) is 92.4 cm³/mol. The van der Waals surface area contributed by atoms with E-state index in [0.717, 1.165) is 5.56 Å². The van der Waals surface area contributed by atoms with Crippen molar-refractivity contribution in [3.8, 4) is 11.3 Å². The van der Waals surface area contributed by atoms with Gasteiger partial charge in [0.05, 0.1) is 6.61 Å². The molecule has 128 valence electrons. The van der Waals surface area contributed by atoms with Gasteiger partial charge in [-0.2, -0.15) is 0 Å². The van der Waals surface area contributed by atoms with Crippen molar-refractivity contribution in [3.63, 3.8) is 0 Å². The molecule has 24 heavy (non-hydrogen) atoms. The molecule has 1 aliphatic rings. The Kier molecular flexibility index (Phi) is 5.37. The predicted octanol–water partition coefficient (Wildman–Crippen LogP) is 3.19. The minimum absolute atomic E-state index is 0.187. The summed E-state index contributed by atoms with van der Waals surface area (Å²) in [5, 5.41) is 10.7. The van der Waals surface area contributed by atoms with Crippen LogP contribution in [0.2, 0.25) is 5.02 Å². The summed E-state index contributed by atoms with van der Waals surface area (Å²) < 4.78 is 10.5. The van der Waals surface area contributed by atoms with Crippen LogP contribution in [0.1, 0.15) is 23.2 Å². The Morgan fingerprint density at radius 3 is 2.79 bits per heavy atom. The number of amides is 1. The number of nitrogens with zero attached hydrogens (tertiary/aromatic N) is 1. The molecule has 1 saturated carbocycles. The van der Waals surface area contributed by atoms with Gasteiger partial charge in [0.25, 0.3) is 5.91 Å². The number of benzene rings is 1. The second-order valence-corrected chi connectivity index (χ2v) is 6.25. The maximum Gasteiger partial charge on any atom is 0.259 e. The van der Waals surface area contributed by atoms with Crippen LogP contribution in [0.5, 0.6) is 0 Å². The third-order valence-corrected chi connectivity index (χ3v) is 4.12. The van der Waals surface area contributed by atoms with Gasteiger partial charge < -0.3 is 19.9 Å². The van der Waals surface area contributed by atoms with Crippen LogP contribution in [0.15, 0.2) is 28.8 Å². The Labute approximate surface area is 145 Å². The van der Waals surface area contributed by atoms with Gasteiger partial charge in [-0.1, -0.05) is 16.8 Å². The standard InChI is InChI=1S/C17H20ClN3O3/c1-23-9-8-19-16-14(17(22)20-10-11-2-3-11)15(24-21-16)12-4-6-13(18)7-5-12/h4-7,11H,2-3,8-10H2,1H3,(H,19,21)(H,20,22). The smallest absolute Gasteiger partial charge is 0.259 e. The van der Waals surface area contributed by atoms with Crippen LogP contribution >= 0.6 is 11.6 Å². The van der Waals surface area contributed by atoms with Crippen LogP contribution in [0.4, 0.5) is 5.82 Å². The highest BCUT2D eigenvalue weighted by molar-refractivity contribution is 6.30. The number of nitrogens with one attached hydrogen (secondary N) is 2. The van der Waals surface area contributed by atoms with Gasteiger partial charge in [-0.25, -0.2) is 0 Å². The Morgan fingerprint density at radius 1 is 1.38 bits per heavy atom. The lowest BCUT2D eigenvalue weighted by Gasteiger charge is -2.07. The normalized spacial score (nSPS) is 13.8. The highest BCUT2D eigenvalue weighted by atomic mass is 35.5. The molecule has 2 aromatic rings. The van der Waals surface area contributed by atoms with Gasteiger partial charge in [-0.15, -0.1) is 0 Å². The molecule has 0 bridgehead atoms. The van der Waals surface area contributed by atoms with E-state index in [9.17, 15) is 4.79 Å². The molecule has 0 saturated heterocycles. The summed E-state index contributed by atoms with van der Waals surface area (Å²) in [6, 6.07) is 7.12. The molecular weight excluding hydrogens is 330 g/mol. The second kappa shape index (κ2) is 7.68. The zero-order chi connectivity index (χ0) is 16.9. The number of hydrogen-bond donors (Lipinski definition) is 2. The van der Waals surface area contributed by atoms with Gasteiger partial charge in [0.15, 0.2) is 11.6 Å². The van der Waals surface area contributed by atoms with E-state index in [4.69, 9.17) is 20.9 Å². The minimum Gasteiger partial charge on any atom is -0.383 e. The lowest BCUT2D eigenvalue weighted by Crippen LogP contribution is -2.26. The zero-order valence-electron chi connectivity index (χ0n) is 13.5. The SMILES string of the molecule is COCCNc1noc(-c2ccc(Cl)cc2)c1C(=O)NCC1CC1. The molecule has 1 fully saturated rings. The molecule has 3 rings (SSSR count). The van der Waals surface area contributed by atoms with Crippen molar-refractivity contribution in [1.82, 2.24) is 10.5 Å². The van der Waals surface area contributed by atoms with Crippen molar-refractivity contribution in [2.45, 2.75) is 12.8 Å². The molecule has 1 aliphatic carbocycles. The fourth-order valence-electron chi connectivity index (χ4n) is 2.34. The lowest BCUT2D eigenvalue weighted by molar-refractivity contribution is 0.0952. The molecule has 1 heterocycles. The zero-order valence-corrected chi connectivity index (χ0v) is 14.2. The summed E-state index contributed by atoms with van der Waals surface area (Å²) in [5.74, 6) is 1.26.